The van der Waals surface area contributed by atoms with Crippen LogP contribution in [0, 0.1) is 5.92 Å². The minimum atomic E-state index is 0.607. The summed E-state index contributed by atoms with van der Waals surface area (Å²) in [5, 5.41) is 6.59. The third-order valence-corrected chi connectivity index (χ3v) is 2.79. The van der Waals surface area contributed by atoms with E-state index in [1.54, 1.807) is 13.3 Å². The van der Waals surface area contributed by atoms with Crippen LogP contribution in [0.1, 0.15) is 32.8 Å². The van der Waals surface area contributed by atoms with Crippen LogP contribution in [-0.2, 0) is 6.54 Å². The minimum Gasteiger partial charge on any atom is -0.481 e. The Balaban J connectivity index is 2.56. The molecule has 0 aliphatic rings. The molecule has 0 aliphatic carbocycles. The van der Waals surface area contributed by atoms with Gasteiger partial charge in [-0.1, -0.05) is 13.8 Å². The van der Waals surface area contributed by atoms with Crippen molar-refractivity contribution in [1.82, 2.24) is 15.6 Å². The summed E-state index contributed by atoms with van der Waals surface area (Å²) in [7, 11) is 1.62. The molecule has 2 N–H and O–H groups in total. The van der Waals surface area contributed by atoms with Gasteiger partial charge in [0.1, 0.15) is 0 Å². The molecule has 1 heterocycles. The SMILES string of the molecule is CCNC(=NCc1ccnc(OC)c1)NCCC(C)C. The number of aromatic nitrogens is 1. The molecule has 0 atom stereocenters. The van der Waals surface area contributed by atoms with Crippen LogP contribution in [0.4, 0.5) is 0 Å². The fourth-order valence-electron chi connectivity index (χ4n) is 1.65. The maximum atomic E-state index is 5.11. The number of hydrogen-bond acceptors (Lipinski definition) is 3. The van der Waals surface area contributed by atoms with Crippen LogP contribution in [0.25, 0.3) is 0 Å². The standard InChI is InChI=1S/C15H26N4O/c1-5-16-15(18-8-6-12(2)3)19-11-13-7-9-17-14(10-13)20-4/h7,9-10,12H,5-6,8,11H2,1-4H3,(H2,16,18,19). The van der Waals surface area contributed by atoms with Gasteiger partial charge in [0.15, 0.2) is 5.96 Å². The number of hydrogen-bond donors (Lipinski definition) is 2. The first-order chi connectivity index (χ1) is 9.65. The van der Waals surface area contributed by atoms with Crippen LogP contribution >= 0.6 is 0 Å². The predicted octanol–water partition coefficient (Wildman–Crippen LogP) is 2.19. The lowest BCUT2D eigenvalue weighted by molar-refractivity contribution is 0.397. The zero-order valence-electron chi connectivity index (χ0n) is 12.9. The first kappa shape index (κ1) is 16.3. The van der Waals surface area contributed by atoms with Gasteiger partial charge in [-0.25, -0.2) is 9.98 Å². The molecule has 0 unspecified atom stereocenters. The van der Waals surface area contributed by atoms with Gasteiger partial charge in [0.2, 0.25) is 5.88 Å². The second-order valence-electron chi connectivity index (χ2n) is 5.01. The molecule has 1 aromatic heterocycles. The molecule has 0 amide bonds. The number of nitrogens with zero attached hydrogens (tertiary/aromatic N) is 2. The Kier molecular flexibility index (Phi) is 7.47. The molecule has 0 radical (unpaired) electrons. The maximum Gasteiger partial charge on any atom is 0.213 e. The van der Waals surface area contributed by atoms with Crippen molar-refractivity contribution in [2.45, 2.75) is 33.7 Å². The van der Waals surface area contributed by atoms with Crippen molar-refractivity contribution in [3.63, 3.8) is 0 Å². The van der Waals surface area contributed by atoms with Gasteiger partial charge in [0.25, 0.3) is 0 Å². The van der Waals surface area contributed by atoms with E-state index in [9.17, 15) is 0 Å². The van der Waals surface area contributed by atoms with E-state index in [4.69, 9.17) is 4.74 Å². The first-order valence-corrected chi connectivity index (χ1v) is 7.16. The Labute approximate surface area is 121 Å². The van der Waals surface area contributed by atoms with Crippen molar-refractivity contribution >= 4 is 5.96 Å². The van der Waals surface area contributed by atoms with Gasteiger partial charge in [-0.2, -0.15) is 0 Å². The molecule has 0 aliphatic heterocycles. The Morgan fingerprint density at radius 1 is 1.40 bits per heavy atom. The fourth-order valence-corrected chi connectivity index (χ4v) is 1.65. The lowest BCUT2D eigenvalue weighted by atomic mass is 10.1. The van der Waals surface area contributed by atoms with Crippen LogP contribution < -0.4 is 15.4 Å². The number of guanidine groups is 1. The molecule has 1 aromatic rings. The quantitative estimate of drug-likeness (QED) is 0.593. The molecule has 0 bridgehead atoms. The predicted molar refractivity (Wildman–Crippen MR) is 83.1 cm³/mol. The van der Waals surface area contributed by atoms with Gasteiger partial charge in [0, 0.05) is 25.4 Å². The topological polar surface area (TPSA) is 58.5 Å². The first-order valence-electron chi connectivity index (χ1n) is 7.16. The fraction of sp³-hybridized carbons (Fsp3) is 0.600. The van der Waals surface area contributed by atoms with Crippen molar-refractivity contribution in [3.05, 3.63) is 23.9 Å². The van der Waals surface area contributed by atoms with Gasteiger partial charge in [-0.15, -0.1) is 0 Å². The van der Waals surface area contributed by atoms with Crippen LogP contribution in [-0.4, -0.2) is 31.1 Å². The van der Waals surface area contributed by atoms with E-state index < -0.39 is 0 Å². The number of methoxy groups -OCH3 is 1. The lowest BCUT2D eigenvalue weighted by Crippen LogP contribution is -2.38. The average Bonchev–Trinajstić information content (AvgIpc) is 2.44. The van der Waals surface area contributed by atoms with Crippen LogP contribution in [0.15, 0.2) is 23.3 Å². The van der Waals surface area contributed by atoms with Gasteiger partial charge in [0.05, 0.1) is 13.7 Å². The number of pyridine rings is 1. The summed E-state index contributed by atoms with van der Waals surface area (Å²) in [4.78, 5) is 8.66. The number of aliphatic imine (C=N–C) groups is 1. The maximum absolute atomic E-state index is 5.11. The molecule has 1 rings (SSSR count). The highest BCUT2D eigenvalue weighted by Gasteiger charge is 2.00. The summed E-state index contributed by atoms with van der Waals surface area (Å²) < 4.78 is 5.11. The summed E-state index contributed by atoms with van der Waals surface area (Å²) in [5.41, 5.74) is 1.08. The van der Waals surface area contributed by atoms with Crippen LogP contribution in [0.2, 0.25) is 0 Å². The zero-order chi connectivity index (χ0) is 14.8. The Bertz CT molecular complexity index is 418. The molecule has 20 heavy (non-hydrogen) atoms. The number of nitrogens with one attached hydrogen (secondary N) is 2. The van der Waals surface area contributed by atoms with E-state index >= 15 is 0 Å². The molecular weight excluding hydrogens is 252 g/mol. The summed E-state index contributed by atoms with van der Waals surface area (Å²) in [5.74, 6) is 2.16. The smallest absolute Gasteiger partial charge is 0.213 e. The summed E-state index contributed by atoms with van der Waals surface area (Å²) in [6.07, 6.45) is 2.87. The summed E-state index contributed by atoms with van der Waals surface area (Å²) in [6.45, 7) is 8.89. The van der Waals surface area contributed by atoms with Crippen LogP contribution in [0.3, 0.4) is 0 Å². The van der Waals surface area contributed by atoms with E-state index in [0.29, 0.717) is 18.3 Å². The van der Waals surface area contributed by atoms with E-state index in [-0.39, 0.29) is 0 Å². The van der Waals surface area contributed by atoms with E-state index in [0.717, 1.165) is 31.0 Å². The van der Waals surface area contributed by atoms with Gasteiger partial charge >= 0.3 is 0 Å². The molecule has 0 fully saturated rings. The molecule has 5 nitrogen and oxygen atoms in total. The monoisotopic (exact) mass is 278 g/mol. The van der Waals surface area contributed by atoms with Crippen molar-refractivity contribution in [1.29, 1.82) is 0 Å². The van der Waals surface area contributed by atoms with Crippen LogP contribution in [0.5, 0.6) is 5.88 Å². The average molecular weight is 278 g/mol. The summed E-state index contributed by atoms with van der Waals surface area (Å²) >= 11 is 0. The highest BCUT2D eigenvalue weighted by molar-refractivity contribution is 5.79. The van der Waals surface area contributed by atoms with Gasteiger partial charge in [-0.3, -0.25) is 0 Å². The normalized spacial score (nSPS) is 11.6. The number of ether oxygens (including phenoxy) is 1. The van der Waals surface area contributed by atoms with Gasteiger partial charge < -0.3 is 15.4 Å². The highest BCUT2D eigenvalue weighted by atomic mass is 16.5. The summed E-state index contributed by atoms with van der Waals surface area (Å²) in [6, 6.07) is 3.85. The molecule has 0 saturated heterocycles. The lowest BCUT2D eigenvalue weighted by Gasteiger charge is -2.12. The van der Waals surface area contributed by atoms with Crippen molar-refractivity contribution < 1.29 is 4.74 Å². The third-order valence-electron chi connectivity index (χ3n) is 2.79. The Morgan fingerprint density at radius 3 is 2.85 bits per heavy atom. The molecule has 0 aromatic carbocycles. The Hall–Kier alpha value is -1.78. The molecule has 112 valence electrons. The molecular formula is C15H26N4O. The number of rotatable bonds is 7. The van der Waals surface area contributed by atoms with Crippen molar-refractivity contribution in [3.8, 4) is 5.88 Å². The van der Waals surface area contributed by atoms with Crippen molar-refractivity contribution in [2.24, 2.45) is 10.9 Å². The molecule has 0 saturated carbocycles. The second kappa shape index (κ2) is 9.18. The van der Waals surface area contributed by atoms with Crippen molar-refractivity contribution in [2.75, 3.05) is 20.2 Å². The zero-order valence-corrected chi connectivity index (χ0v) is 12.9. The second-order valence-corrected chi connectivity index (χ2v) is 5.01. The van der Waals surface area contributed by atoms with E-state index in [2.05, 4.69) is 41.4 Å². The largest absolute Gasteiger partial charge is 0.481 e. The van der Waals surface area contributed by atoms with E-state index in [1.807, 2.05) is 12.1 Å². The molecule has 0 spiro atoms. The van der Waals surface area contributed by atoms with Gasteiger partial charge in [-0.05, 0) is 30.9 Å². The minimum absolute atomic E-state index is 0.607. The third kappa shape index (κ3) is 6.41. The highest BCUT2D eigenvalue weighted by Crippen LogP contribution is 2.09. The van der Waals surface area contributed by atoms with E-state index in [1.165, 1.54) is 0 Å². The molecule has 5 heteroatoms. The Morgan fingerprint density at radius 2 is 2.20 bits per heavy atom.